The molecule has 5 heteroatoms. The van der Waals surface area contributed by atoms with Crippen LogP contribution >= 0.6 is 12.4 Å². The van der Waals surface area contributed by atoms with Crippen LogP contribution in [0.25, 0.3) is 0 Å². The molecule has 4 aliphatic carbocycles. The average Bonchev–Trinajstić information content (AvgIpc) is 3.33. The summed E-state index contributed by atoms with van der Waals surface area (Å²) in [6.07, 6.45) is 29.2. The van der Waals surface area contributed by atoms with Gasteiger partial charge in [0.25, 0.3) is 0 Å². The molecule has 4 rings (SSSR count). The fourth-order valence-corrected chi connectivity index (χ4v) is 10.4. The molecule has 0 radical (unpaired) electrons. The highest BCUT2D eigenvalue weighted by molar-refractivity contribution is 5.85. The van der Waals surface area contributed by atoms with Crippen molar-refractivity contribution in [3.8, 4) is 0 Å². The van der Waals surface area contributed by atoms with Crippen LogP contribution in [0, 0.1) is 28.6 Å². The Bertz CT molecular complexity index is 891. The van der Waals surface area contributed by atoms with Gasteiger partial charge in [0.05, 0.1) is 0 Å². The lowest BCUT2D eigenvalue weighted by molar-refractivity contribution is -0.151. The molecule has 4 nitrogen and oxygen atoms in total. The first kappa shape index (κ1) is 37.9. The summed E-state index contributed by atoms with van der Waals surface area (Å²) in [6.45, 7) is 9.93. The van der Waals surface area contributed by atoms with Crippen LogP contribution in [0.4, 0.5) is 0 Å². The van der Waals surface area contributed by atoms with E-state index in [0.717, 1.165) is 43.1 Å². The molecule has 0 aliphatic heterocycles. The molecule has 0 heterocycles. The highest BCUT2D eigenvalue weighted by atomic mass is 35.5. The van der Waals surface area contributed by atoms with Crippen molar-refractivity contribution in [1.29, 1.82) is 0 Å². The highest BCUT2D eigenvalue weighted by Crippen LogP contribution is 2.65. The third kappa shape index (κ3) is 9.50. The second-order valence-electron chi connectivity index (χ2n) is 16.2. The van der Waals surface area contributed by atoms with Crippen LogP contribution in [0.2, 0.25) is 0 Å². The quantitative estimate of drug-likeness (QED) is 0.0853. The maximum absolute atomic E-state index is 12.7. The molecule has 0 bridgehead atoms. The molecular weight excluding hydrogens is 564 g/mol. The predicted octanol–water partition coefficient (Wildman–Crippen LogP) is 10.2. The number of carbonyl (C=O) groups is 1. The van der Waals surface area contributed by atoms with E-state index in [-0.39, 0.29) is 24.5 Å². The lowest BCUT2D eigenvalue weighted by atomic mass is 9.47. The number of hydrogen-bond donors (Lipinski definition) is 0. The summed E-state index contributed by atoms with van der Waals surface area (Å²) in [4.78, 5) is 17.8. The van der Waals surface area contributed by atoms with Crippen molar-refractivity contribution in [3.63, 3.8) is 0 Å². The van der Waals surface area contributed by atoms with E-state index in [9.17, 15) is 4.79 Å². The second-order valence-corrected chi connectivity index (χ2v) is 16.2. The summed E-state index contributed by atoms with van der Waals surface area (Å²) in [5, 5.41) is 0. The van der Waals surface area contributed by atoms with Gasteiger partial charge in [-0.2, -0.15) is 0 Å². The number of ether oxygens (including phenoxy) is 1. The Morgan fingerprint density at radius 3 is 2.14 bits per heavy atom. The van der Waals surface area contributed by atoms with E-state index in [4.69, 9.17) is 4.74 Å². The zero-order valence-electron chi connectivity index (χ0n) is 29.8. The Morgan fingerprint density at radius 2 is 1.48 bits per heavy atom. The molecule has 4 aliphatic rings. The van der Waals surface area contributed by atoms with Crippen LogP contribution in [-0.2, 0) is 9.53 Å². The lowest BCUT2D eigenvalue weighted by Gasteiger charge is -2.58. The van der Waals surface area contributed by atoms with Gasteiger partial charge in [-0.3, -0.25) is 4.79 Å². The molecule has 0 unspecified atom stereocenters. The van der Waals surface area contributed by atoms with E-state index >= 15 is 0 Å². The molecule has 0 N–H and O–H groups in total. The monoisotopic (exact) mass is 635 g/mol. The Labute approximate surface area is 279 Å². The predicted molar refractivity (Wildman–Crippen MR) is 189 cm³/mol. The van der Waals surface area contributed by atoms with Gasteiger partial charge in [0.1, 0.15) is 6.10 Å². The molecule has 44 heavy (non-hydrogen) atoms. The van der Waals surface area contributed by atoms with Crippen LogP contribution in [0.15, 0.2) is 11.6 Å². The van der Waals surface area contributed by atoms with Crippen molar-refractivity contribution in [2.45, 2.75) is 168 Å². The first-order valence-corrected chi connectivity index (χ1v) is 18.9. The summed E-state index contributed by atoms with van der Waals surface area (Å²) < 4.78 is 6.10. The normalized spacial score (nSPS) is 32.9. The summed E-state index contributed by atoms with van der Waals surface area (Å²) in [6, 6.07) is 0.745. The Hall–Kier alpha value is -0.580. The molecule has 3 fully saturated rings. The number of unbranched alkanes of at least 4 members (excludes halogenated alkanes) is 10. The van der Waals surface area contributed by atoms with Gasteiger partial charge in [-0.05, 0) is 121 Å². The van der Waals surface area contributed by atoms with Crippen molar-refractivity contribution in [1.82, 2.24) is 9.80 Å². The first-order valence-electron chi connectivity index (χ1n) is 18.9. The summed E-state index contributed by atoms with van der Waals surface area (Å²) in [7, 11) is 6.79. The van der Waals surface area contributed by atoms with Crippen molar-refractivity contribution in [2.75, 3.05) is 34.2 Å². The van der Waals surface area contributed by atoms with Gasteiger partial charge in [0.2, 0.25) is 0 Å². The minimum atomic E-state index is 0. The topological polar surface area (TPSA) is 32.8 Å². The average molecular weight is 635 g/mol. The Morgan fingerprint density at radius 1 is 0.818 bits per heavy atom. The number of carbonyl (C=O) groups excluding carboxylic acids is 1. The lowest BCUT2D eigenvalue weighted by Crippen LogP contribution is -2.53. The van der Waals surface area contributed by atoms with E-state index in [0.29, 0.717) is 17.3 Å². The van der Waals surface area contributed by atoms with Gasteiger partial charge in [0.15, 0.2) is 0 Å². The van der Waals surface area contributed by atoms with E-state index in [1.54, 1.807) is 5.57 Å². The number of rotatable bonds is 18. The molecule has 3 saturated carbocycles. The van der Waals surface area contributed by atoms with Gasteiger partial charge in [-0.15, -0.1) is 12.4 Å². The summed E-state index contributed by atoms with van der Waals surface area (Å²) >= 11 is 0. The van der Waals surface area contributed by atoms with Gasteiger partial charge >= 0.3 is 5.97 Å². The molecule has 7 atom stereocenters. The summed E-state index contributed by atoms with van der Waals surface area (Å²) in [5.74, 6) is 2.58. The van der Waals surface area contributed by atoms with Crippen molar-refractivity contribution in [3.05, 3.63) is 11.6 Å². The van der Waals surface area contributed by atoms with E-state index in [1.807, 2.05) is 0 Å². The summed E-state index contributed by atoms with van der Waals surface area (Å²) in [5.41, 5.74) is 2.42. The molecule has 0 saturated heterocycles. The van der Waals surface area contributed by atoms with Crippen molar-refractivity contribution in [2.24, 2.45) is 28.6 Å². The van der Waals surface area contributed by atoms with Gasteiger partial charge in [-0.1, -0.05) is 96.6 Å². The third-order valence-electron chi connectivity index (χ3n) is 12.9. The standard InChI is InChI=1S/C39H70N2O2.ClH/c1-7-8-9-10-11-12-13-14-15-16-17-19-37(42)43-32-24-26-38(2)31(30-32)20-21-33-34-22-23-36(39(34,3)27-25-35(33)38)41(6)29-18-28-40(4)5;/h20,32-36H,7-19,21-30H2,1-6H3;1H/t32-,33-,34-,35-,36-,38-,39-;/m0./s1. The van der Waals surface area contributed by atoms with Crippen molar-refractivity contribution < 1.29 is 9.53 Å². The number of hydrogen-bond acceptors (Lipinski definition) is 4. The molecule has 0 aromatic heterocycles. The number of allylic oxidation sites excluding steroid dienone is 1. The van der Waals surface area contributed by atoms with Crippen LogP contribution in [0.1, 0.15) is 156 Å². The van der Waals surface area contributed by atoms with Crippen LogP contribution in [0.3, 0.4) is 0 Å². The number of esters is 1. The van der Waals surface area contributed by atoms with Gasteiger partial charge in [0, 0.05) is 18.9 Å². The maximum Gasteiger partial charge on any atom is 0.306 e. The molecule has 0 aromatic carbocycles. The smallest absolute Gasteiger partial charge is 0.306 e. The van der Waals surface area contributed by atoms with Gasteiger partial charge in [-0.25, -0.2) is 0 Å². The second kappa shape index (κ2) is 18.1. The minimum Gasteiger partial charge on any atom is -0.462 e. The highest BCUT2D eigenvalue weighted by Gasteiger charge is 2.59. The molecule has 256 valence electrons. The maximum atomic E-state index is 12.7. The zero-order chi connectivity index (χ0) is 30.9. The number of nitrogens with zero attached hydrogens (tertiary/aromatic N) is 2. The first-order chi connectivity index (χ1) is 20.7. The van der Waals surface area contributed by atoms with E-state index < -0.39 is 0 Å². The molecule has 0 amide bonds. The minimum absolute atomic E-state index is 0. The zero-order valence-corrected chi connectivity index (χ0v) is 30.7. The fraction of sp³-hybridized carbons (Fsp3) is 0.923. The van der Waals surface area contributed by atoms with Crippen LogP contribution in [-0.4, -0.2) is 62.1 Å². The molecule has 0 aromatic rings. The third-order valence-corrected chi connectivity index (χ3v) is 12.9. The van der Waals surface area contributed by atoms with E-state index in [1.165, 1.54) is 122 Å². The van der Waals surface area contributed by atoms with Crippen molar-refractivity contribution >= 4 is 18.4 Å². The Balaban J connectivity index is 0.00000529. The van der Waals surface area contributed by atoms with Crippen LogP contribution < -0.4 is 0 Å². The SMILES string of the molecule is CCCCCCCCCCCCCC(=O)O[C@H]1CC[C@@]2(C)C(=CC[C@H]3[C@@H]4CC[C@H](N(C)CCCN(C)C)[C@@]4(C)CC[C@@H]32)C1.Cl. The largest absolute Gasteiger partial charge is 0.462 e. The number of fused-ring (bicyclic) bond motifs is 5. The van der Waals surface area contributed by atoms with Gasteiger partial charge < -0.3 is 14.5 Å². The molecular formula is C39H71ClN2O2. The Kier molecular flexibility index (Phi) is 15.6. The fourth-order valence-electron chi connectivity index (χ4n) is 10.4. The molecule has 0 spiro atoms. The van der Waals surface area contributed by atoms with Crippen LogP contribution in [0.5, 0.6) is 0 Å². The number of halogens is 1. The van der Waals surface area contributed by atoms with E-state index in [2.05, 4.69) is 57.8 Å².